The molecule has 1 unspecified atom stereocenters. The van der Waals surface area contributed by atoms with Gasteiger partial charge in [-0.15, -0.1) is 0 Å². The topological polar surface area (TPSA) is 76.7 Å². The second kappa shape index (κ2) is 8.13. The number of amides is 2. The summed E-state index contributed by atoms with van der Waals surface area (Å²) in [5.74, 6) is -2.66. The third kappa shape index (κ3) is 6.10. The lowest BCUT2D eigenvalue weighted by Crippen LogP contribution is -2.43. The lowest BCUT2D eigenvalue weighted by Gasteiger charge is -2.22. The van der Waals surface area contributed by atoms with Gasteiger partial charge in [-0.05, 0) is 18.2 Å². The zero-order chi connectivity index (χ0) is 20.2. The van der Waals surface area contributed by atoms with Crippen molar-refractivity contribution in [3.05, 3.63) is 29.3 Å². The highest BCUT2D eigenvalue weighted by Crippen LogP contribution is 2.37. The van der Waals surface area contributed by atoms with Gasteiger partial charge in [0.05, 0.1) is 37.1 Å². The Morgan fingerprint density at radius 3 is 2.04 bits per heavy atom. The smallest absolute Gasteiger partial charge is 0.376 e. The van der Waals surface area contributed by atoms with Crippen molar-refractivity contribution in [2.24, 2.45) is 0 Å². The maximum absolute atomic E-state index is 12.8. The predicted molar refractivity (Wildman–Crippen MR) is 78.6 cm³/mol. The first-order chi connectivity index (χ1) is 12.5. The molecule has 2 amide bonds. The van der Waals surface area contributed by atoms with Gasteiger partial charge in [0.1, 0.15) is 0 Å². The van der Waals surface area contributed by atoms with Crippen LogP contribution in [0.1, 0.15) is 11.1 Å². The van der Waals surface area contributed by atoms with E-state index in [1.807, 2.05) is 0 Å². The van der Waals surface area contributed by atoms with E-state index in [-0.39, 0.29) is 25.8 Å². The highest BCUT2D eigenvalue weighted by atomic mass is 19.4. The van der Waals surface area contributed by atoms with E-state index in [4.69, 9.17) is 9.47 Å². The first-order valence-corrected chi connectivity index (χ1v) is 7.55. The number of benzene rings is 1. The van der Waals surface area contributed by atoms with Crippen LogP contribution in [0.5, 0.6) is 0 Å². The zero-order valence-corrected chi connectivity index (χ0v) is 13.5. The van der Waals surface area contributed by atoms with E-state index in [1.165, 1.54) is 0 Å². The molecule has 1 aliphatic rings. The molecule has 0 aromatic heterocycles. The minimum Gasteiger partial charge on any atom is -0.376 e. The Kier molecular flexibility index (Phi) is 6.31. The molecule has 150 valence electrons. The Labute approximate surface area is 148 Å². The molecule has 1 fully saturated rings. The molecule has 1 saturated heterocycles. The number of ether oxygens (including phenoxy) is 2. The minimum atomic E-state index is -5.07. The van der Waals surface area contributed by atoms with E-state index in [9.17, 15) is 35.9 Å². The average molecular weight is 400 g/mol. The Hall–Kier alpha value is -2.34. The van der Waals surface area contributed by atoms with Gasteiger partial charge in [-0.3, -0.25) is 9.59 Å². The van der Waals surface area contributed by atoms with E-state index in [0.29, 0.717) is 18.7 Å². The Bertz CT molecular complexity index is 666. The van der Waals surface area contributed by atoms with Gasteiger partial charge in [0.15, 0.2) is 0 Å². The van der Waals surface area contributed by atoms with Crippen LogP contribution in [0.15, 0.2) is 18.2 Å². The van der Waals surface area contributed by atoms with Gasteiger partial charge in [0, 0.05) is 12.2 Å². The first kappa shape index (κ1) is 21.0. The van der Waals surface area contributed by atoms with Crippen molar-refractivity contribution in [3.8, 4) is 0 Å². The van der Waals surface area contributed by atoms with Gasteiger partial charge in [-0.2, -0.15) is 26.3 Å². The van der Waals surface area contributed by atoms with E-state index >= 15 is 0 Å². The number of carbonyl (C=O) groups excluding carboxylic acids is 2. The molecule has 6 nitrogen and oxygen atoms in total. The number of hydrogen-bond acceptors (Lipinski definition) is 4. The Morgan fingerprint density at radius 2 is 1.56 bits per heavy atom. The lowest BCUT2D eigenvalue weighted by atomic mass is 10.1. The first-order valence-electron chi connectivity index (χ1n) is 7.55. The molecule has 0 aliphatic carbocycles. The van der Waals surface area contributed by atoms with Crippen molar-refractivity contribution in [3.63, 3.8) is 0 Å². The standard InChI is InChI=1S/C15H14F6N2O4/c16-14(17,18)8-3-9(15(19,20)21)5-10(4-8)23-13(25)12(24)22-6-11-7-26-1-2-27-11/h3-5,11H,1-2,6-7H2,(H,22,24)(H,23,25). The van der Waals surface area contributed by atoms with Crippen molar-refractivity contribution < 1.29 is 45.4 Å². The minimum absolute atomic E-state index is 0.0872. The molecule has 0 radical (unpaired) electrons. The predicted octanol–water partition coefficient (Wildman–Crippen LogP) is 2.19. The van der Waals surface area contributed by atoms with E-state index in [2.05, 4.69) is 5.32 Å². The van der Waals surface area contributed by atoms with Crippen LogP contribution in [0, 0.1) is 0 Å². The fourth-order valence-electron chi connectivity index (χ4n) is 2.16. The van der Waals surface area contributed by atoms with Crippen molar-refractivity contribution in [1.82, 2.24) is 5.32 Å². The monoisotopic (exact) mass is 400 g/mol. The molecule has 1 atom stereocenters. The quantitative estimate of drug-likeness (QED) is 0.603. The van der Waals surface area contributed by atoms with E-state index in [0.717, 1.165) is 0 Å². The summed E-state index contributed by atoms with van der Waals surface area (Å²) in [6.07, 6.45) is -10.6. The van der Waals surface area contributed by atoms with Crippen LogP contribution in [-0.4, -0.2) is 44.3 Å². The van der Waals surface area contributed by atoms with Crippen LogP contribution < -0.4 is 10.6 Å². The number of alkyl halides is 6. The maximum atomic E-state index is 12.8. The van der Waals surface area contributed by atoms with Gasteiger partial charge in [0.2, 0.25) is 0 Å². The fourth-order valence-corrected chi connectivity index (χ4v) is 2.16. The molecule has 0 spiro atoms. The lowest BCUT2D eigenvalue weighted by molar-refractivity contribution is -0.143. The number of halogens is 6. The molecular formula is C15H14F6N2O4. The van der Waals surface area contributed by atoms with Crippen LogP contribution in [-0.2, 0) is 31.4 Å². The van der Waals surface area contributed by atoms with E-state index < -0.39 is 47.1 Å². The molecular weight excluding hydrogens is 386 g/mol. The van der Waals surface area contributed by atoms with Crippen molar-refractivity contribution in [1.29, 1.82) is 0 Å². The summed E-state index contributed by atoms with van der Waals surface area (Å²) in [5, 5.41) is 3.89. The summed E-state index contributed by atoms with van der Waals surface area (Å²) in [4.78, 5) is 23.4. The summed E-state index contributed by atoms with van der Waals surface area (Å²) < 4.78 is 86.9. The molecule has 2 N–H and O–H groups in total. The normalized spacial score (nSPS) is 18.1. The Balaban J connectivity index is 2.08. The number of carbonyl (C=O) groups is 2. The molecule has 0 bridgehead atoms. The zero-order valence-electron chi connectivity index (χ0n) is 13.5. The van der Waals surface area contributed by atoms with Gasteiger partial charge in [-0.25, -0.2) is 0 Å². The van der Waals surface area contributed by atoms with Crippen molar-refractivity contribution in [2.75, 3.05) is 31.7 Å². The van der Waals surface area contributed by atoms with Gasteiger partial charge < -0.3 is 20.1 Å². The SMILES string of the molecule is O=C(NCC1COCCO1)C(=O)Nc1cc(C(F)(F)F)cc(C(F)(F)F)c1. The van der Waals surface area contributed by atoms with Gasteiger partial charge in [0.25, 0.3) is 0 Å². The summed E-state index contributed by atoms with van der Waals surface area (Å²) in [6.45, 7) is 0.728. The van der Waals surface area contributed by atoms with E-state index in [1.54, 1.807) is 5.32 Å². The molecule has 0 saturated carbocycles. The number of nitrogens with one attached hydrogen (secondary N) is 2. The van der Waals surface area contributed by atoms with Crippen molar-refractivity contribution in [2.45, 2.75) is 18.5 Å². The molecule has 1 aromatic rings. The second-order valence-electron chi connectivity index (χ2n) is 5.53. The number of hydrogen-bond donors (Lipinski definition) is 2. The summed E-state index contributed by atoms with van der Waals surface area (Å²) in [7, 11) is 0. The van der Waals surface area contributed by atoms with Crippen LogP contribution >= 0.6 is 0 Å². The summed E-state index contributed by atoms with van der Waals surface area (Å²) >= 11 is 0. The van der Waals surface area contributed by atoms with Crippen LogP contribution in [0.2, 0.25) is 0 Å². The van der Waals surface area contributed by atoms with Crippen LogP contribution in [0.3, 0.4) is 0 Å². The number of rotatable bonds is 3. The highest BCUT2D eigenvalue weighted by molar-refractivity contribution is 6.39. The molecule has 1 aliphatic heterocycles. The van der Waals surface area contributed by atoms with Gasteiger partial charge >= 0.3 is 24.2 Å². The molecule has 1 aromatic carbocycles. The second-order valence-corrected chi connectivity index (χ2v) is 5.53. The molecule has 27 heavy (non-hydrogen) atoms. The summed E-state index contributed by atoms with van der Waals surface area (Å²) in [5.41, 5.74) is -4.03. The highest BCUT2D eigenvalue weighted by Gasteiger charge is 2.37. The van der Waals surface area contributed by atoms with Crippen molar-refractivity contribution >= 4 is 17.5 Å². The summed E-state index contributed by atoms with van der Waals surface area (Å²) in [6, 6.07) is 0.521. The average Bonchev–Trinajstić information content (AvgIpc) is 2.58. The molecule has 12 heteroatoms. The Morgan fingerprint density at radius 1 is 0.963 bits per heavy atom. The van der Waals surface area contributed by atoms with Crippen LogP contribution in [0.4, 0.5) is 32.0 Å². The molecule has 2 rings (SSSR count). The maximum Gasteiger partial charge on any atom is 0.416 e. The van der Waals surface area contributed by atoms with Crippen LogP contribution in [0.25, 0.3) is 0 Å². The fraction of sp³-hybridized carbons (Fsp3) is 0.467. The number of anilines is 1. The third-order valence-corrected chi connectivity index (χ3v) is 3.43. The third-order valence-electron chi connectivity index (χ3n) is 3.43. The van der Waals surface area contributed by atoms with Gasteiger partial charge in [-0.1, -0.05) is 0 Å². The largest absolute Gasteiger partial charge is 0.416 e. The molecule has 1 heterocycles.